The van der Waals surface area contributed by atoms with Gasteiger partial charge in [-0.15, -0.1) is 0 Å². The minimum absolute atomic E-state index is 0.0901. The van der Waals surface area contributed by atoms with Gasteiger partial charge in [0.1, 0.15) is 6.10 Å². The molecule has 0 bridgehead atoms. The molecule has 0 saturated heterocycles. The Morgan fingerprint density at radius 3 is 2.60 bits per heavy atom. The van der Waals surface area contributed by atoms with Crippen molar-refractivity contribution in [2.75, 3.05) is 13.6 Å². The Bertz CT molecular complexity index is 483. The van der Waals surface area contributed by atoms with E-state index in [1.807, 2.05) is 0 Å². The van der Waals surface area contributed by atoms with Crippen LogP contribution in [-0.4, -0.2) is 35.8 Å². The van der Waals surface area contributed by atoms with Crippen LogP contribution in [0.5, 0.6) is 0 Å². The first kappa shape index (κ1) is 16.0. The predicted molar refractivity (Wildman–Crippen MR) is 73.8 cm³/mol. The van der Waals surface area contributed by atoms with Crippen molar-refractivity contribution in [3.05, 3.63) is 45.8 Å². The van der Waals surface area contributed by atoms with Crippen molar-refractivity contribution in [1.29, 1.82) is 0 Å². The van der Waals surface area contributed by atoms with E-state index in [1.54, 1.807) is 31.3 Å². The summed E-state index contributed by atoms with van der Waals surface area (Å²) in [7, 11) is 1.57. The molecule has 0 saturated carbocycles. The average Bonchev–Trinajstić information content (AvgIpc) is 2.47. The molecule has 0 aliphatic rings. The second-order valence-electron chi connectivity index (χ2n) is 4.35. The van der Waals surface area contributed by atoms with E-state index < -0.39 is 12.2 Å². The van der Waals surface area contributed by atoms with E-state index >= 15 is 0 Å². The number of amides is 1. The molecule has 0 aliphatic carbocycles. The molecule has 1 amide bonds. The molecule has 0 spiro atoms. The van der Waals surface area contributed by atoms with Gasteiger partial charge in [-0.2, -0.15) is 0 Å². The molecule has 1 rings (SSSR count). The molecule has 3 N–H and O–H groups in total. The minimum atomic E-state index is -1.04. The monoisotopic (exact) mass is 278 g/mol. The van der Waals surface area contributed by atoms with Crippen molar-refractivity contribution in [1.82, 2.24) is 5.32 Å². The Labute approximate surface area is 116 Å². The highest BCUT2D eigenvalue weighted by Gasteiger charge is 2.17. The van der Waals surface area contributed by atoms with Crippen molar-refractivity contribution in [2.45, 2.75) is 25.0 Å². The van der Waals surface area contributed by atoms with Crippen LogP contribution in [0, 0.1) is 0 Å². The van der Waals surface area contributed by atoms with Gasteiger partial charge in [0.25, 0.3) is 0 Å². The molecular weight excluding hydrogens is 260 g/mol. The molecule has 20 heavy (non-hydrogen) atoms. The van der Waals surface area contributed by atoms with Gasteiger partial charge in [-0.3, -0.25) is 4.79 Å². The summed E-state index contributed by atoms with van der Waals surface area (Å²) < 4.78 is 0. The fourth-order valence-electron chi connectivity index (χ4n) is 1.72. The molecule has 7 heteroatoms. The van der Waals surface area contributed by atoms with E-state index in [2.05, 4.69) is 15.3 Å². The number of azide groups is 1. The second kappa shape index (κ2) is 8.16. The number of hydrogen-bond acceptors (Lipinski definition) is 4. The molecule has 1 aromatic rings. The molecular formula is C13H18N4O3. The zero-order valence-electron chi connectivity index (χ0n) is 11.2. The lowest BCUT2D eigenvalue weighted by Crippen LogP contribution is -2.20. The van der Waals surface area contributed by atoms with Crippen molar-refractivity contribution >= 4 is 5.91 Å². The molecule has 0 radical (unpaired) electrons. The van der Waals surface area contributed by atoms with Crippen LogP contribution in [0.1, 0.15) is 23.7 Å². The summed E-state index contributed by atoms with van der Waals surface area (Å²) in [5, 5.41) is 25.5. The zero-order chi connectivity index (χ0) is 15.0. The van der Waals surface area contributed by atoms with Gasteiger partial charge >= 0.3 is 0 Å². The van der Waals surface area contributed by atoms with Crippen molar-refractivity contribution in [3.8, 4) is 0 Å². The number of carbonyl (C=O) groups is 1. The van der Waals surface area contributed by atoms with Crippen LogP contribution in [0.3, 0.4) is 0 Å². The maximum absolute atomic E-state index is 11.2. The molecule has 108 valence electrons. The van der Waals surface area contributed by atoms with Crippen LogP contribution >= 0.6 is 0 Å². The van der Waals surface area contributed by atoms with Crippen molar-refractivity contribution < 1.29 is 15.0 Å². The molecule has 0 aromatic heterocycles. The summed E-state index contributed by atoms with van der Waals surface area (Å²) in [6.45, 7) is 0.128. The Morgan fingerprint density at radius 2 is 2.05 bits per heavy atom. The lowest BCUT2D eigenvalue weighted by molar-refractivity contribution is -0.119. The van der Waals surface area contributed by atoms with Gasteiger partial charge in [0.15, 0.2) is 0 Å². The number of hydrogen-bond donors (Lipinski definition) is 3. The summed E-state index contributed by atoms with van der Waals surface area (Å²) in [6.07, 6.45) is -1.58. The van der Waals surface area contributed by atoms with E-state index in [4.69, 9.17) is 5.53 Å². The number of carbonyl (C=O) groups excluding carboxylic acids is 1. The molecule has 0 aliphatic heterocycles. The van der Waals surface area contributed by atoms with Crippen LogP contribution in [0.4, 0.5) is 0 Å². The first-order valence-electron chi connectivity index (χ1n) is 6.25. The third-order valence-corrected chi connectivity index (χ3v) is 2.92. The molecule has 0 fully saturated rings. The SMILES string of the molecule is CNC(=O)Cc1ccc(C(O)C(O)CCN=[N+]=[N-])cc1. The summed E-state index contributed by atoms with van der Waals surface area (Å²) in [5.41, 5.74) is 9.52. The van der Waals surface area contributed by atoms with Crippen LogP contribution in [0.15, 0.2) is 29.4 Å². The third-order valence-electron chi connectivity index (χ3n) is 2.92. The van der Waals surface area contributed by atoms with E-state index in [1.165, 1.54) is 0 Å². The van der Waals surface area contributed by atoms with Gasteiger partial charge in [-0.25, -0.2) is 0 Å². The van der Waals surface area contributed by atoms with Crippen LogP contribution < -0.4 is 5.32 Å². The van der Waals surface area contributed by atoms with Crippen molar-refractivity contribution in [3.63, 3.8) is 0 Å². The predicted octanol–water partition coefficient (Wildman–Crippen LogP) is 1.07. The minimum Gasteiger partial charge on any atom is -0.390 e. The highest BCUT2D eigenvalue weighted by Crippen LogP contribution is 2.19. The summed E-state index contributed by atoms with van der Waals surface area (Å²) in [5.74, 6) is -0.0901. The van der Waals surface area contributed by atoms with Crippen LogP contribution in [-0.2, 0) is 11.2 Å². The molecule has 7 nitrogen and oxygen atoms in total. The Kier molecular flexibility index (Phi) is 6.52. The standard InChI is InChI=1S/C13H18N4O3/c1-15-12(19)8-9-2-4-10(5-3-9)13(20)11(18)6-7-16-17-14/h2-5,11,13,18,20H,6-8H2,1H3,(H,15,19). The molecule has 2 unspecified atom stereocenters. The average molecular weight is 278 g/mol. The van der Waals surface area contributed by atoms with E-state index in [-0.39, 0.29) is 25.3 Å². The van der Waals surface area contributed by atoms with E-state index in [0.717, 1.165) is 5.56 Å². The zero-order valence-corrected chi connectivity index (χ0v) is 11.2. The quantitative estimate of drug-likeness (QED) is 0.393. The summed E-state index contributed by atoms with van der Waals surface area (Å²) in [4.78, 5) is 13.8. The van der Waals surface area contributed by atoms with E-state index in [9.17, 15) is 15.0 Å². The molecule has 1 aromatic carbocycles. The number of aliphatic hydroxyl groups is 2. The topological polar surface area (TPSA) is 118 Å². The maximum atomic E-state index is 11.2. The molecule has 0 heterocycles. The first-order valence-corrected chi connectivity index (χ1v) is 6.25. The fraction of sp³-hybridized carbons (Fsp3) is 0.462. The van der Waals surface area contributed by atoms with Gasteiger partial charge in [-0.05, 0) is 23.1 Å². The largest absolute Gasteiger partial charge is 0.390 e. The van der Waals surface area contributed by atoms with Crippen molar-refractivity contribution in [2.24, 2.45) is 5.11 Å². The van der Waals surface area contributed by atoms with Crippen LogP contribution in [0.2, 0.25) is 0 Å². The van der Waals surface area contributed by atoms with Gasteiger partial charge in [0.05, 0.1) is 12.5 Å². The Morgan fingerprint density at radius 1 is 1.40 bits per heavy atom. The van der Waals surface area contributed by atoms with Gasteiger partial charge in [0, 0.05) is 18.5 Å². The normalized spacial score (nSPS) is 13.2. The molecule has 2 atom stereocenters. The number of rotatable bonds is 7. The second-order valence-corrected chi connectivity index (χ2v) is 4.35. The Balaban J connectivity index is 2.62. The Hall–Kier alpha value is -2.08. The smallest absolute Gasteiger partial charge is 0.224 e. The number of likely N-dealkylation sites (N-methyl/N-ethyl adjacent to an activating group) is 1. The fourth-order valence-corrected chi connectivity index (χ4v) is 1.72. The lowest BCUT2D eigenvalue weighted by Gasteiger charge is -2.17. The van der Waals surface area contributed by atoms with Gasteiger partial charge in [-0.1, -0.05) is 29.4 Å². The third kappa shape index (κ3) is 4.89. The highest BCUT2D eigenvalue weighted by atomic mass is 16.3. The van der Waals surface area contributed by atoms with Crippen LogP contribution in [0.25, 0.3) is 10.4 Å². The summed E-state index contributed by atoms with van der Waals surface area (Å²) in [6, 6.07) is 6.79. The van der Waals surface area contributed by atoms with E-state index in [0.29, 0.717) is 5.56 Å². The van der Waals surface area contributed by atoms with Gasteiger partial charge in [0.2, 0.25) is 5.91 Å². The number of nitrogens with one attached hydrogen (secondary N) is 1. The lowest BCUT2D eigenvalue weighted by atomic mass is 10.00. The number of nitrogens with zero attached hydrogens (tertiary/aromatic N) is 3. The first-order chi connectivity index (χ1) is 9.58. The number of benzene rings is 1. The summed E-state index contributed by atoms with van der Waals surface area (Å²) >= 11 is 0. The maximum Gasteiger partial charge on any atom is 0.224 e. The number of aliphatic hydroxyl groups excluding tert-OH is 2. The van der Waals surface area contributed by atoms with Gasteiger partial charge < -0.3 is 15.5 Å². The highest BCUT2D eigenvalue weighted by molar-refractivity contribution is 5.78.